The predicted molar refractivity (Wildman–Crippen MR) is 125 cm³/mol. The minimum absolute atomic E-state index is 0. The molecule has 3 nitrogen and oxygen atoms in total. The number of hydrogen-bond donors (Lipinski definition) is 0. The molecule has 1 aromatic heterocycles. The number of ether oxygens (including phenoxy) is 1. The standard InChI is InChI=1S/C15H20FNO.C6H6.C4H5NS.H2/c1-11-9-15-12(10-13(11)16)14(5-8-18-15)17-6-3-2-4-7-17;1-2-4-6-5-3-1;1-4-2-6-3-5-4;/h9-10,14H,2-8H2,1H3;1-6H;2-3H,1H3;1H/t14-;;;/m1.../s1. The van der Waals surface area contributed by atoms with Crippen molar-refractivity contribution < 1.29 is 10.6 Å². The molecule has 5 rings (SSSR count). The Hall–Kier alpha value is -2.24. The van der Waals surface area contributed by atoms with Crippen molar-refractivity contribution in [1.29, 1.82) is 0 Å². The Labute approximate surface area is 185 Å². The molecule has 2 aliphatic heterocycles. The van der Waals surface area contributed by atoms with Gasteiger partial charge in [0.2, 0.25) is 0 Å². The zero-order valence-corrected chi connectivity index (χ0v) is 18.7. The highest BCUT2D eigenvalue weighted by atomic mass is 32.1. The Balaban J connectivity index is 0.000000215. The van der Waals surface area contributed by atoms with Crippen LogP contribution in [0.25, 0.3) is 0 Å². The predicted octanol–water partition coefficient (Wildman–Crippen LogP) is 6.83. The van der Waals surface area contributed by atoms with Crippen LogP contribution in [-0.2, 0) is 0 Å². The smallest absolute Gasteiger partial charge is 0.126 e. The molecule has 0 N–H and O–H groups in total. The van der Waals surface area contributed by atoms with Crippen LogP contribution in [0.2, 0.25) is 0 Å². The molecule has 0 aliphatic carbocycles. The summed E-state index contributed by atoms with van der Waals surface area (Å²) in [6, 6.07) is 15.9. The van der Waals surface area contributed by atoms with Crippen molar-refractivity contribution in [3.63, 3.8) is 0 Å². The van der Waals surface area contributed by atoms with E-state index >= 15 is 0 Å². The summed E-state index contributed by atoms with van der Waals surface area (Å²) in [4.78, 5) is 6.43. The molecule has 30 heavy (non-hydrogen) atoms. The third kappa shape index (κ3) is 6.64. The summed E-state index contributed by atoms with van der Waals surface area (Å²) in [5.41, 5.74) is 4.66. The number of piperidine rings is 1. The van der Waals surface area contributed by atoms with E-state index in [0.717, 1.165) is 43.1 Å². The molecule has 2 aromatic carbocycles. The van der Waals surface area contributed by atoms with E-state index in [2.05, 4.69) is 9.88 Å². The third-order valence-electron chi connectivity index (χ3n) is 5.35. The maximum absolute atomic E-state index is 13.8. The number of aromatic nitrogens is 1. The highest BCUT2D eigenvalue weighted by Crippen LogP contribution is 2.38. The fourth-order valence-electron chi connectivity index (χ4n) is 3.76. The fourth-order valence-corrected chi connectivity index (χ4v) is 4.30. The van der Waals surface area contributed by atoms with Crippen LogP contribution in [-0.4, -0.2) is 29.6 Å². The lowest BCUT2D eigenvalue weighted by atomic mass is 9.95. The van der Waals surface area contributed by atoms with Crippen LogP contribution in [0.5, 0.6) is 5.75 Å². The van der Waals surface area contributed by atoms with Gasteiger partial charge in [-0.25, -0.2) is 4.39 Å². The van der Waals surface area contributed by atoms with Crippen molar-refractivity contribution >= 4 is 11.3 Å². The summed E-state index contributed by atoms with van der Waals surface area (Å²) in [5, 5.41) is 2.01. The van der Waals surface area contributed by atoms with Crippen molar-refractivity contribution in [1.82, 2.24) is 9.88 Å². The molecule has 0 bridgehead atoms. The lowest BCUT2D eigenvalue weighted by Crippen LogP contribution is -2.36. The Morgan fingerprint density at radius 3 is 2.23 bits per heavy atom. The molecule has 0 amide bonds. The lowest BCUT2D eigenvalue weighted by Gasteiger charge is -2.38. The summed E-state index contributed by atoms with van der Waals surface area (Å²) in [5.74, 6) is 0.775. The van der Waals surface area contributed by atoms with E-state index in [0.29, 0.717) is 11.6 Å². The molecule has 0 unspecified atom stereocenters. The molecule has 1 fully saturated rings. The molecule has 1 atom stereocenters. The first kappa shape index (κ1) is 22.4. The van der Waals surface area contributed by atoms with E-state index in [1.54, 1.807) is 24.3 Å². The number of rotatable bonds is 1. The Kier molecular flexibility index (Phi) is 8.84. The van der Waals surface area contributed by atoms with Gasteiger partial charge in [0.1, 0.15) is 11.6 Å². The van der Waals surface area contributed by atoms with Gasteiger partial charge in [-0.05, 0) is 57.5 Å². The monoisotopic (exact) mass is 428 g/mol. The van der Waals surface area contributed by atoms with E-state index in [9.17, 15) is 4.39 Å². The number of halogens is 1. The molecule has 0 spiro atoms. The lowest BCUT2D eigenvalue weighted by molar-refractivity contribution is 0.119. The molecule has 3 aromatic rings. The van der Waals surface area contributed by atoms with Gasteiger partial charge in [0.05, 0.1) is 12.1 Å². The molecular formula is C25H33FN2OS. The largest absolute Gasteiger partial charge is 0.493 e. The van der Waals surface area contributed by atoms with Crippen molar-refractivity contribution in [2.45, 2.75) is 45.6 Å². The van der Waals surface area contributed by atoms with Crippen LogP contribution >= 0.6 is 11.3 Å². The quantitative estimate of drug-likeness (QED) is 0.425. The number of aryl methyl sites for hydroxylation is 2. The number of nitrogens with zero attached hydrogens (tertiary/aromatic N) is 2. The number of benzene rings is 2. The molecule has 0 radical (unpaired) electrons. The second-order valence-electron chi connectivity index (χ2n) is 7.67. The zero-order valence-electron chi connectivity index (χ0n) is 17.9. The Morgan fingerprint density at radius 1 is 1.03 bits per heavy atom. The molecular weight excluding hydrogens is 395 g/mol. The van der Waals surface area contributed by atoms with Gasteiger partial charge in [0.15, 0.2) is 0 Å². The minimum atomic E-state index is -0.110. The van der Waals surface area contributed by atoms with Crippen LogP contribution in [0, 0.1) is 19.7 Å². The molecule has 2 aliphatic rings. The molecule has 3 heterocycles. The normalized spacial score (nSPS) is 18.0. The third-order valence-corrected chi connectivity index (χ3v) is 6.06. The summed E-state index contributed by atoms with van der Waals surface area (Å²) in [6.45, 7) is 6.80. The molecule has 0 saturated carbocycles. The molecule has 1 saturated heterocycles. The number of likely N-dealkylation sites (tertiary alicyclic amines) is 1. The first-order chi connectivity index (χ1) is 14.6. The van der Waals surface area contributed by atoms with Crippen molar-refractivity contribution in [3.8, 4) is 5.75 Å². The van der Waals surface area contributed by atoms with E-state index in [-0.39, 0.29) is 7.24 Å². The number of hydrogen-bond acceptors (Lipinski definition) is 4. The van der Waals surface area contributed by atoms with Crippen LogP contribution in [0.3, 0.4) is 0 Å². The van der Waals surface area contributed by atoms with Gasteiger partial charge in [0.25, 0.3) is 0 Å². The van der Waals surface area contributed by atoms with E-state index in [1.807, 2.05) is 60.3 Å². The number of thiazole rings is 1. The van der Waals surface area contributed by atoms with Crippen molar-refractivity contribution in [3.05, 3.63) is 82.1 Å². The second kappa shape index (κ2) is 11.8. The summed E-state index contributed by atoms with van der Waals surface area (Å²) in [7, 11) is 0. The van der Waals surface area contributed by atoms with Crippen LogP contribution in [0.4, 0.5) is 4.39 Å². The van der Waals surface area contributed by atoms with Gasteiger partial charge < -0.3 is 4.74 Å². The second-order valence-corrected chi connectivity index (χ2v) is 8.39. The topological polar surface area (TPSA) is 25.4 Å². The maximum Gasteiger partial charge on any atom is 0.126 e. The fraction of sp³-hybridized carbons (Fsp3) is 0.400. The van der Waals surface area contributed by atoms with Gasteiger partial charge in [-0.1, -0.05) is 42.8 Å². The average Bonchev–Trinajstić information content (AvgIpc) is 3.28. The first-order valence-electron chi connectivity index (χ1n) is 10.7. The molecule has 162 valence electrons. The highest BCUT2D eigenvalue weighted by molar-refractivity contribution is 7.07. The maximum atomic E-state index is 13.8. The number of fused-ring (bicyclic) bond motifs is 1. The van der Waals surface area contributed by atoms with Gasteiger partial charge in [-0.2, -0.15) is 0 Å². The minimum Gasteiger partial charge on any atom is -0.493 e. The van der Waals surface area contributed by atoms with E-state index in [1.165, 1.54) is 19.3 Å². The van der Waals surface area contributed by atoms with Gasteiger partial charge in [-0.3, -0.25) is 9.88 Å². The van der Waals surface area contributed by atoms with Crippen molar-refractivity contribution in [2.24, 2.45) is 0 Å². The Morgan fingerprint density at radius 2 is 1.70 bits per heavy atom. The van der Waals surface area contributed by atoms with Crippen molar-refractivity contribution in [2.75, 3.05) is 19.7 Å². The summed E-state index contributed by atoms with van der Waals surface area (Å²) >= 11 is 1.63. The van der Waals surface area contributed by atoms with Crippen LogP contribution < -0.4 is 4.74 Å². The summed E-state index contributed by atoms with van der Waals surface area (Å²) < 4.78 is 19.5. The SMILES string of the molecule is Cc1cc2c(cc1F)[C@H](N1CCCCC1)CCO2.Cc1cscn1.[HH].c1ccccc1. The zero-order chi connectivity index (χ0) is 21.2. The van der Waals surface area contributed by atoms with E-state index in [4.69, 9.17) is 4.74 Å². The first-order valence-corrected chi connectivity index (χ1v) is 11.6. The highest BCUT2D eigenvalue weighted by Gasteiger charge is 2.28. The van der Waals surface area contributed by atoms with Gasteiger partial charge >= 0.3 is 0 Å². The average molecular weight is 429 g/mol. The van der Waals surface area contributed by atoms with E-state index < -0.39 is 0 Å². The van der Waals surface area contributed by atoms with Crippen LogP contribution in [0.1, 0.15) is 50.0 Å². The molecule has 5 heteroatoms. The van der Waals surface area contributed by atoms with Crippen LogP contribution in [0.15, 0.2) is 59.4 Å². The van der Waals surface area contributed by atoms with Gasteiger partial charge in [-0.15, -0.1) is 11.3 Å². The Bertz CT molecular complexity index is 844. The summed E-state index contributed by atoms with van der Waals surface area (Å²) in [6.07, 6.45) is 4.84. The van der Waals surface area contributed by atoms with Gasteiger partial charge in [0, 0.05) is 30.5 Å².